The highest BCUT2D eigenvalue weighted by Crippen LogP contribution is 2.18. The topological polar surface area (TPSA) is 72.2 Å². The summed E-state index contributed by atoms with van der Waals surface area (Å²) in [6.45, 7) is 5.89. The van der Waals surface area contributed by atoms with Gasteiger partial charge in [-0.1, -0.05) is 18.2 Å². The van der Waals surface area contributed by atoms with Gasteiger partial charge in [0, 0.05) is 5.54 Å². The van der Waals surface area contributed by atoms with Gasteiger partial charge in [-0.25, -0.2) is 13.1 Å². The summed E-state index contributed by atoms with van der Waals surface area (Å²) < 4.78 is 27.1. The summed E-state index contributed by atoms with van der Waals surface area (Å²) in [5, 5.41) is 0. The molecule has 1 aromatic carbocycles. The summed E-state index contributed by atoms with van der Waals surface area (Å²) in [5.74, 6) is 0. The summed E-state index contributed by atoms with van der Waals surface area (Å²) in [5.41, 5.74) is 5.67. The van der Waals surface area contributed by atoms with Crippen molar-refractivity contribution in [3.63, 3.8) is 0 Å². The lowest BCUT2D eigenvalue weighted by atomic mass is 10.0. The van der Waals surface area contributed by atoms with Gasteiger partial charge >= 0.3 is 0 Å². The number of nitrogens with one attached hydrogen (secondary N) is 1. The van der Waals surface area contributed by atoms with Crippen molar-refractivity contribution in [2.75, 3.05) is 6.54 Å². The second-order valence-electron chi connectivity index (χ2n) is 4.79. The van der Waals surface area contributed by atoms with Crippen LogP contribution in [0.2, 0.25) is 0 Å². The molecule has 4 nitrogen and oxygen atoms in total. The van der Waals surface area contributed by atoms with Gasteiger partial charge in [0.25, 0.3) is 0 Å². The molecule has 0 aliphatic carbocycles. The number of aryl methyl sites for hydroxylation is 1. The molecule has 0 bridgehead atoms. The van der Waals surface area contributed by atoms with E-state index in [0.717, 1.165) is 5.56 Å². The maximum atomic E-state index is 12.2. The number of nitrogens with two attached hydrogens (primary N) is 1. The average Bonchev–Trinajstić information content (AvgIpc) is 2.15. The van der Waals surface area contributed by atoms with E-state index >= 15 is 0 Å². The summed E-state index contributed by atoms with van der Waals surface area (Å²) in [7, 11) is -3.48. The Balaban J connectivity index is 3.02. The molecule has 17 heavy (non-hydrogen) atoms. The van der Waals surface area contributed by atoms with Gasteiger partial charge in [0.15, 0.2) is 0 Å². The summed E-state index contributed by atoms with van der Waals surface area (Å²) >= 11 is 0. The Labute approximate surface area is 103 Å². The first-order valence-corrected chi connectivity index (χ1v) is 7.06. The zero-order chi connectivity index (χ0) is 13.1. The second-order valence-corrected chi connectivity index (χ2v) is 6.44. The van der Waals surface area contributed by atoms with Crippen LogP contribution in [0.3, 0.4) is 0 Å². The summed E-state index contributed by atoms with van der Waals surface area (Å²) in [6.07, 6.45) is 0.595. The molecule has 1 rings (SSSR count). The molecule has 0 saturated carbocycles. The molecule has 0 aliphatic rings. The Morgan fingerprint density at radius 1 is 1.29 bits per heavy atom. The number of sulfonamides is 1. The van der Waals surface area contributed by atoms with Crippen LogP contribution in [0.5, 0.6) is 0 Å². The fourth-order valence-corrected chi connectivity index (χ4v) is 3.38. The second kappa shape index (κ2) is 5.16. The molecule has 3 N–H and O–H groups in total. The molecule has 0 spiro atoms. The smallest absolute Gasteiger partial charge is 0.241 e. The van der Waals surface area contributed by atoms with Gasteiger partial charge in [-0.05, 0) is 45.4 Å². The molecule has 0 amide bonds. The Bertz CT molecular complexity index is 481. The van der Waals surface area contributed by atoms with Crippen molar-refractivity contribution in [2.45, 2.75) is 37.6 Å². The van der Waals surface area contributed by atoms with Gasteiger partial charge < -0.3 is 5.73 Å². The number of hydrogen-bond donors (Lipinski definition) is 2. The van der Waals surface area contributed by atoms with Crippen LogP contribution >= 0.6 is 0 Å². The minimum absolute atomic E-state index is 0.324. The molecule has 0 heterocycles. The van der Waals surface area contributed by atoms with Gasteiger partial charge in [0.2, 0.25) is 10.0 Å². The van der Waals surface area contributed by atoms with Crippen LogP contribution in [0.4, 0.5) is 0 Å². The molecule has 0 aliphatic heterocycles. The lowest BCUT2D eigenvalue weighted by molar-refractivity contribution is 0.428. The molecule has 0 fully saturated rings. The van der Waals surface area contributed by atoms with Crippen molar-refractivity contribution in [3.05, 3.63) is 29.8 Å². The van der Waals surface area contributed by atoms with Gasteiger partial charge in [-0.3, -0.25) is 0 Å². The molecule has 0 unspecified atom stereocenters. The fraction of sp³-hybridized carbons (Fsp3) is 0.500. The van der Waals surface area contributed by atoms with Crippen LogP contribution in [0.25, 0.3) is 0 Å². The summed E-state index contributed by atoms with van der Waals surface area (Å²) in [4.78, 5) is 0.324. The van der Waals surface area contributed by atoms with Crippen molar-refractivity contribution in [2.24, 2.45) is 5.73 Å². The Kier molecular flexibility index (Phi) is 4.30. The normalized spacial score (nSPS) is 12.7. The number of benzene rings is 1. The molecule has 0 saturated heterocycles. The van der Waals surface area contributed by atoms with E-state index in [1.807, 2.05) is 19.9 Å². The quantitative estimate of drug-likeness (QED) is 0.836. The van der Waals surface area contributed by atoms with Gasteiger partial charge in [-0.15, -0.1) is 0 Å². The molecule has 0 aromatic heterocycles. The van der Waals surface area contributed by atoms with Crippen LogP contribution < -0.4 is 10.5 Å². The van der Waals surface area contributed by atoms with E-state index < -0.39 is 15.6 Å². The highest BCUT2D eigenvalue weighted by molar-refractivity contribution is 7.89. The van der Waals surface area contributed by atoms with E-state index in [1.54, 1.807) is 25.1 Å². The lowest BCUT2D eigenvalue weighted by Gasteiger charge is -2.25. The Morgan fingerprint density at radius 3 is 2.41 bits per heavy atom. The zero-order valence-corrected chi connectivity index (χ0v) is 11.3. The predicted molar refractivity (Wildman–Crippen MR) is 69.3 cm³/mol. The van der Waals surface area contributed by atoms with E-state index in [-0.39, 0.29) is 0 Å². The van der Waals surface area contributed by atoms with E-state index in [9.17, 15) is 8.42 Å². The third-order valence-corrected chi connectivity index (χ3v) is 4.42. The van der Waals surface area contributed by atoms with Crippen LogP contribution in [-0.4, -0.2) is 20.5 Å². The van der Waals surface area contributed by atoms with Crippen LogP contribution in [0.1, 0.15) is 25.8 Å². The van der Waals surface area contributed by atoms with E-state index in [4.69, 9.17) is 5.73 Å². The largest absolute Gasteiger partial charge is 0.330 e. The Hall–Kier alpha value is -0.910. The first-order chi connectivity index (χ1) is 7.78. The molecule has 5 heteroatoms. The minimum atomic E-state index is -3.48. The van der Waals surface area contributed by atoms with Crippen molar-refractivity contribution in [1.82, 2.24) is 4.72 Å². The molecule has 96 valence electrons. The van der Waals surface area contributed by atoms with E-state index in [1.165, 1.54) is 0 Å². The van der Waals surface area contributed by atoms with Crippen LogP contribution in [0, 0.1) is 6.92 Å². The minimum Gasteiger partial charge on any atom is -0.330 e. The monoisotopic (exact) mass is 256 g/mol. The molecule has 0 radical (unpaired) electrons. The number of rotatable bonds is 5. The van der Waals surface area contributed by atoms with Crippen molar-refractivity contribution in [3.8, 4) is 0 Å². The van der Waals surface area contributed by atoms with Crippen molar-refractivity contribution in [1.29, 1.82) is 0 Å². The van der Waals surface area contributed by atoms with E-state index in [0.29, 0.717) is 17.9 Å². The highest BCUT2D eigenvalue weighted by atomic mass is 32.2. The van der Waals surface area contributed by atoms with Crippen molar-refractivity contribution >= 4 is 10.0 Å². The standard InChI is InChI=1S/C12H20N2O2S/c1-10-6-4-5-7-11(10)17(15,16)14-12(2,3)8-9-13/h4-7,14H,8-9,13H2,1-3H3. The van der Waals surface area contributed by atoms with Crippen LogP contribution in [0.15, 0.2) is 29.2 Å². The fourth-order valence-electron chi connectivity index (χ4n) is 1.69. The molecular weight excluding hydrogens is 236 g/mol. The maximum absolute atomic E-state index is 12.2. The predicted octanol–water partition coefficient (Wildman–Crippen LogP) is 1.40. The highest BCUT2D eigenvalue weighted by Gasteiger charge is 2.26. The molecular formula is C12H20N2O2S. The molecule has 0 atom stereocenters. The Morgan fingerprint density at radius 2 is 1.88 bits per heavy atom. The van der Waals surface area contributed by atoms with Crippen LogP contribution in [-0.2, 0) is 10.0 Å². The first-order valence-electron chi connectivity index (χ1n) is 5.58. The van der Waals surface area contributed by atoms with Gasteiger partial charge in [0.1, 0.15) is 0 Å². The van der Waals surface area contributed by atoms with Crippen molar-refractivity contribution < 1.29 is 8.42 Å². The SMILES string of the molecule is Cc1ccccc1S(=O)(=O)NC(C)(C)CCN. The zero-order valence-electron chi connectivity index (χ0n) is 10.5. The third-order valence-electron chi connectivity index (χ3n) is 2.56. The lowest BCUT2D eigenvalue weighted by Crippen LogP contribution is -2.44. The van der Waals surface area contributed by atoms with Gasteiger partial charge in [-0.2, -0.15) is 0 Å². The van der Waals surface area contributed by atoms with E-state index in [2.05, 4.69) is 4.72 Å². The molecule has 1 aromatic rings. The number of hydrogen-bond acceptors (Lipinski definition) is 3. The van der Waals surface area contributed by atoms with Gasteiger partial charge in [0.05, 0.1) is 4.90 Å². The summed E-state index contributed by atoms with van der Waals surface area (Å²) in [6, 6.07) is 6.93. The third kappa shape index (κ3) is 3.80. The first kappa shape index (κ1) is 14.2. The maximum Gasteiger partial charge on any atom is 0.241 e. The average molecular weight is 256 g/mol.